The van der Waals surface area contributed by atoms with Crippen molar-refractivity contribution in [1.82, 2.24) is 9.97 Å². The van der Waals surface area contributed by atoms with Gasteiger partial charge in [-0.3, -0.25) is 0 Å². The van der Waals surface area contributed by atoms with E-state index in [2.05, 4.69) is 21.9 Å². The van der Waals surface area contributed by atoms with Crippen LogP contribution >= 0.6 is 11.6 Å². The molecule has 2 rings (SSSR count). The maximum absolute atomic E-state index is 12.8. The molecule has 0 spiro atoms. The van der Waals surface area contributed by atoms with E-state index in [1.165, 1.54) is 18.3 Å². The molecule has 0 bridgehead atoms. The Balaban J connectivity index is 2.78. The zero-order chi connectivity index (χ0) is 14.2. The number of nitrogens with zero attached hydrogens (tertiary/aromatic N) is 2. The van der Waals surface area contributed by atoms with Crippen LogP contribution in [0, 0.1) is 0 Å². The fourth-order valence-electron chi connectivity index (χ4n) is 1.71. The number of pyridine rings is 2. The summed E-state index contributed by atoms with van der Waals surface area (Å²) in [5, 5.41) is 3.51. The number of hydrogen-bond donors (Lipinski definition) is 1. The summed E-state index contributed by atoms with van der Waals surface area (Å²) in [7, 11) is 1.62. The highest BCUT2D eigenvalue weighted by Crippen LogP contribution is 2.36. The Kier molecular flexibility index (Phi) is 3.36. The van der Waals surface area contributed by atoms with E-state index in [4.69, 9.17) is 11.6 Å². The molecule has 0 saturated heterocycles. The summed E-state index contributed by atoms with van der Waals surface area (Å²) in [4.78, 5) is 7.75. The Morgan fingerprint density at radius 2 is 2.05 bits per heavy atom. The lowest BCUT2D eigenvalue weighted by molar-refractivity contribution is -0.0688. The van der Waals surface area contributed by atoms with Gasteiger partial charge in [0.05, 0.1) is 11.3 Å². The molecule has 0 saturated carbocycles. The summed E-state index contributed by atoms with van der Waals surface area (Å²) in [6, 6.07) is 2.91. The molecule has 0 atom stereocenters. The van der Waals surface area contributed by atoms with Crippen LogP contribution in [0.15, 0.2) is 24.9 Å². The minimum atomic E-state index is -4.56. The van der Waals surface area contributed by atoms with Crippen molar-refractivity contribution in [3.8, 4) is 0 Å². The zero-order valence-electron chi connectivity index (χ0n) is 9.85. The van der Waals surface area contributed by atoms with Gasteiger partial charge in [-0.25, -0.2) is 9.97 Å². The van der Waals surface area contributed by atoms with Crippen LogP contribution in [0.2, 0.25) is 5.15 Å². The largest absolute Gasteiger partial charge is 0.417 e. The molecule has 0 aliphatic heterocycles. The standard InChI is InChI=1S/C12H9ClF3N3/c1-6(12(14,15)16)10-7-3-4-18-11(17-2)8(7)5-9(13)19-10/h3-5H,1H2,2H3,(H,17,18). The van der Waals surface area contributed by atoms with E-state index in [1.54, 1.807) is 7.05 Å². The quantitative estimate of drug-likeness (QED) is 0.851. The number of hydrogen-bond acceptors (Lipinski definition) is 3. The molecule has 0 aromatic carbocycles. The number of allylic oxidation sites excluding steroid dienone is 1. The minimum Gasteiger partial charge on any atom is -0.373 e. The minimum absolute atomic E-state index is 0.0441. The molecule has 0 unspecified atom stereocenters. The molecule has 0 aliphatic carbocycles. The van der Waals surface area contributed by atoms with Crippen molar-refractivity contribution in [2.24, 2.45) is 0 Å². The first-order valence-corrected chi connectivity index (χ1v) is 5.62. The fraction of sp³-hybridized carbons (Fsp3) is 0.167. The van der Waals surface area contributed by atoms with E-state index in [-0.39, 0.29) is 10.8 Å². The van der Waals surface area contributed by atoms with Crippen molar-refractivity contribution in [3.63, 3.8) is 0 Å². The molecule has 0 amide bonds. The number of nitrogens with one attached hydrogen (secondary N) is 1. The molecular weight excluding hydrogens is 279 g/mol. The van der Waals surface area contributed by atoms with Crippen LogP contribution in [0.25, 0.3) is 16.3 Å². The van der Waals surface area contributed by atoms with Crippen LogP contribution in [0.4, 0.5) is 19.0 Å². The molecule has 19 heavy (non-hydrogen) atoms. The lowest BCUT2D eigenvalue weighted by Gasteiger charge is -2.13. The molecule has 7 heteroatoms. The van der Waals surface area contributed by atoms with E-state index in [0.717, 1.165) is 0 Å². The van der Waals surface area contributed by atoms with Crippen LogP contribution in [-0.4, -0.2) is 23.2 Å². The SMILES string of the molecule is C=C(c1nc(Cl)cc2c(NC)nccc12)C(F)(F)F. The van der Waals surface area contributed by atoms with Gasteiger partial charge in [0, 0.05) is 24.0 Å². The maximum atomic E-state index is 12.8. The molecule has 3 nitrogen and oxygen atoms in total. The van der Waals surface area contributed by atoms with Gasteiger partial charge in [-0.2, -0.15) is 13.2 Å². The van der Waals surface area contributed by atoms with Gasteiger partial charge in [0.15, 0.2) is 0 Å². The van der Waals surface area contributed by atoms with Crippen molar-refractivity contribution < 1.29 is 13.2 Å². The van der Waals surface area contributed by atoms with Crippen molar-refractivity contribution in [3.05, 3.63) is 35.8 Å². The van der Waals surface area contributed by atoms with E-state index in [1.807, 2.05) is 0 Å². The third-order valence-corrected chi connectivity index (χ3v) is 2.79. The van der Waals surface area contributed by atoms with Crippen LogP contribution in [0.3, 0.4) is 0 Å². The molecule has 0 fully saturated rings. The van der Waals surface area contributed by atoms with Gasteiger partial charge >= 0.3 is 6.18 Å². The molecule has 2 heterocycles. The van der Waals surface area contributed by atoms with E-state index < -0.39 is 11.7 Å². The van der Waals surface area contributed by atoms with Gasteiger partial charge in [-0.15, -0.1) is 0 Å². The second-order valence-corrected chi connectivity index (χ2v) is 4.16. The number of alkyl halides is 3. The number of aromatic nitrogens is 2. The fourth-order valence-corrected chi connectivity index (χ4v) is 1.90. The van der Waals surface area contributed by atoms with Gasteiger partial charge in [0.2, 0.25) is 0 Å². The Hall–Kier alpha value is -1.82. The van der Waals surface area contributed by atoms with E-state index in [9.17, 15) is 13.2 Å². The number of fused-ring (bicyclic) bond motifs is 1. The summed E-state index contributed by atoms with van der Waals surface area (Å²) in [6.07, 6.45) is -3.16. The summed E-state index contributed by atoms with van der Waals surface area (Å²) in [5.41, 5.74) is -1.32. The first kappa shape index (κ1) is 13.6. The number of halogens is 4. The summed E-state index contributed by atoms with van der Waals surface area (Å²) >= 11 is 5.77. The van der Waals surface area contributed by atoms with Gasteiger partial charge in [0.25, 0.3) is 0 Å². The molecule has 0 radical (unpaired) electrons. The summed E-state index contributed by atoms with van der Waals surface area (Å²) in [6.45, 7) is 3.06. The van der Waals surface area contributed by atoms with E-state index >= 15 is 0 Å². The van der Waals surface area contributed by atoms with Crippen LogP contribution in [0.5, 0.6) is 0 Å². The van der Waals surface area contributed by atoms with E-state index in [0.29, 0.717) is 16.6 Å². The molecule has 2 aromatic heterocycles. The highest BCUT2D eigenvalue weighted by atomic mass is 35.5. The predicted molar refractivity (Wildman–Crippen MR) is 69.2 cm³/mol. The molecule has 100 valence electrons. The smallest absolute Gasteiger partial charge is 0.373 e. The average molecular weight is 288 g/mol. The van der Waals surface area contributed by atoms with Crippen LogP contribution < -0.4 is 5.32 Å². The molecule has 0 aliphatic rings. The highest BCUT2D eigenvalue weighted by Gasteiger charge is 2.35. The highest BCUT2D eigenvalue weighted by molar-refractivity contribution is 6.30. The Morgan fingerprint density at radius 1 is 1.37 bits per heavy atom. The van der Waals surface area contributed by atoms with Crippen molar-refractivity contribution >= 4 is 33.8 Å². The number of rotatable bonds is 2. The molecular formula is C12H9ClF3N3. The lowest BCUT2D eigenvalue weighted by Crippen LogP contribution is -2.11. The lowest BCUT2D eigenvalue weighted by atomic mass is 10.1. The van der Waals surface area contributed by atoms with Gasteiger partial charge in [-0.05, 0) is 12.1 Å². The summed E-state index contributed by atoms with van der Waals surface area (Å²) in [5.74, 6) is 0.429. The normalized spacial score (nSPS) is 11.6. The summed E-state index contributed by atoms with van der Waals surface area (Å²) < 4.78 is 38.3. The Labute approximate surface area is 112 Å². The third-order valence-electron chi connectivity index (χ3n) is 2.59. The maximum Gasteiger partial charge on any atom is 0.417 e. The molecule has 1 N–H and O–H groups in total. The predicted octanol–water partition coefficient (Wildman–Crippen LogP) is 3.90. The van der Waals surface area contributed by atoms with Crippen molar-refractivity contribution in [1.29, 1.82) is 0 Å². The third kappa shape index (κ3) is 2.49. The van der Waals surface area contributed by atoms with Crippen molar-refractivity contribution in [2.45, 2.75) is 6.18 Å². The average Bonchev–Trinajstić information content (AvgIpc) is 2.35. The van der Waals surface area contributed by atoms with Crippen molar-refractivity contribution in [2.75, 3.05) is 12.4 Å². The van der Waals surface area contributed by atoms with Gasteiger partial charge in [-0.1, -0.05) is 18.2 Å². The Morgan fingerprint density at radius 3 is 2.63 bits per heavy atom. The number of anilines is 1. The monoisotopic (exact) mass is 287 g/mol. The Bertz CT molecular complexity index is 652. The van der Waals surface area contributed by atoms with Crippen LogP contribution in [0.1, 0.15) is 5.69 Å². The topological polar surface area (TPSA) is 37.8 Å². The molecule has 2 aromatic rings. The van der Waals surface area contributed by atoms with Gasteiger partial charge < -0.3 is 5.32 Å². The second-order valence-electron chi connectivity index (χ2n) is 3.77. The van der Waals surface area contributed by atoms with Gasteiger partial charge in [0.1, 0.15) is 11.0 Å². The first-order valence-electron chi connectivity index (χ1n) is 5.24. The van der Waals surface area contributed by atoms with Crippen LogP contribution in [-0.2, 0) is 0 Å². The second kappa shape index (κ2) is 4.70. The first-order chi connectivity index (χ1) is 8.84. The zero-order valence-corrected chi connectivity index (χ0v) is 10.6.